The maximum absolute atomic E-state index is 12.9. The second kappa shape index (κ2) is 66.4. The molecular weight excluding hydrogens is 961 g/mol. The molecule has 0 bridgehead atoms. The number of rotatable bonds is 62. The number of ether oxygens (including phenoxy) is 3. The van der Waals surface area contributed by atoms with Crippen molar-refractivity contribution in [2.75, 3.05) is 13.2 Å². The van der Waals surface area contributed by atoms with Crippen LogP contribution in [-0.4, -0.2) is 37.2 Å². The van der Waals surface area contributed by atoms with Crippen LogP contribution in [0.4, 0.5) is 0 Å². The number of esters is 3. The summed E-state index contributed by atoms with van der Waals surface area (Å²) in [6, 6.07) is 0. The molecule has 0 aromatic carbocycles. The minimum absolute atomic E-state index is 0.0730. The highest BCUT2D eigenvalue weighted by molar-refractivity contribution is 5.71. The number of hydrogen-bond donors (Lipinski definition) is 0. The van der Waals surface area contributed by atoms with Gasteiger partial charge < -0.3 is 14.2 Å². The molecule has 452 valence electrons. The van der Waals surface area contributed by atoms with E-state index in [0.717, 1.165) is 103 Å². The molecule has 0 N–H and O–H groups in total. The fourth-order valence-corrected chi connectivity index (χ4v) is 9.92. The summed E-state index contributed by atoms with van der Waals surface area (Å²) in [7, 11) is 0. The van der Waals surface area contributed by atoms with Crippen LogP contribution >= 0.6 is 0 Å². The summed E-state index contributed by atoms with van der Waals surface area (Å²) in [5.74, 6) is -0.863. The van der Waals surface area contributed by atoms with E-state index in [0.29, 0.717) is 19.3 Å². The van der Waals surface area contributed by atoms with Gasteiger partial charge in [-0.2, -0.15) is 0 Å². The van der Waals surface area contributed by atoms with Gasteiger partial charge in [0.05, 0.1) is 0 Å². The molecule has 0 rings (SSSR count). The Kier molecular flexibility index (Phi) is 63.7. The van der Waals surface area contributed by atoms with Crippen LogP contribution in [0.25, 0.3) is 0 Å². The molecule has 0 fully saturated rings. The van der Waals surface area contributed by atoms with Crippen molar-refractivity contribution in [3.8, 4) is 0 Å². The Balaban J connectivity index is 4.22. The Morgan fingerprint density at radius 3 is 0.782 bits per heavy atom. The van der Waals surface area contributed by atoms with E-state index in [1.54, 1.807) is 0 Å². The summed E-state index contributed by atoms with van der Waals surface area (Å²) in [6.07, 6.45) is 86.4. The van der Waals surface area contributed by atoms with E-state index in [-0.39, 0.29) is 31.1 Å². The smallest absolute Gasteiger partial charge is 0.306 e. The Labute approximate surface area is 484 Å². The quantitative estimate of drug-likeness (QED) is 0.0261. The number of allylic oxidation sites excluding steroid dienone is 12. The van der Waals surface area contributed by atoms with Crippen molar-refractivity contribution in [3.05, 3.63) is 72.9 Å². The zero-order valence-corrected chi connectivity index (χ0v) is 51.9. The highest BCUT2D eigenvalue weighted by atomic mass is 16.6. The Hall–Kier alpha value is -3.15. The van der Waals surface area contributed by atoms with Crippen molar-refractivity contribution in [2.45, 2.75) is 354 Å². The van der Waals surface area contributed by atoms with E-state index in [1.165, 1.54) is 205 Å². The van der Waals surface area contributed by atoms with Crippen LogP contribution in [0, 0.1) is 0 Å². The van der Waals surface area contributed by atoms with E-state index in [9.17, 15) is 14.4 Å². The predicted octanol–water partition coefficient (Wildman–Crippen LogP) is 23.3. The molecular formula is C72H128O6. The molecule has 0 saturated carbocycles. The summed E-state index contributed by atoms with van der Waals surface area (Å²) in [5, 5.41) is 0. The van der Waals surface area contributed by atoms with E-state index in [2.05, 4.69) is 93.7 Å². The number of hydrogen-bond acceptors (Lipinski definition) is 6. The molecule has 6 nitrogen and oxygen atoms in total. The monoisotopic (exact) mass is 1090 g/mol. The van der Waals surface area contributed by atoms with E-state index in [1.807, 2.05) is 0 Å². The van der Waals surface area contributed by atoms with Crippen molar-refractivity contribution in [3.63, 3.8) is 0 Å². The van der Waals surface area contributed by atoms with E-state index in [4.69, 9.17) is 14.2 Å². The third kappa shape index (κ3) is 63.7. The summed E-state index contributed by atoms with van der Waals surface area (Å²) in [6.45, 7) is 6.56. The van der Waals surface area contributed by atoms with Gasteiger partial charge in [-0.05, 0) is 70.6 Å². The van der Waals surface area contributed by atoms with Gasteiger partial charge in [0.2, 0.25) is 0 Å². The molecule has 1 unspecified atom stereocenters. The molecule has 0 heterocycles. The number of unbranched alkanes of at least 4 members (excludes halogenated alkanes) is 39. The predicted molar refractivity (Wildman–Crippen MR) is 339 cm³/mol. The van der Waals surface area contributed by atoms with Gasteiger partial charge >= 0.3 is 17.9 Å². The zero-order valence-electron chi connectivity index (χ0n) is 51.9. The lowest BCUT2D eigenvalue weighted by Gasteiger charge is -2.18. The lowest BCUT2D eigenvalue weighted by Crippen LogP contribution is -2.30. The second-order valence-corrected chi connectivity index (χ2v) is 22.7. The van der Waals surface area contributed by atoms with Gasteiger partial charge in [-0.3, -0.25) is 14.4 Å². The van der Waals surface area contributed by atoms with Crippen LogP contribution in [-0.2, 0) is 28.6 Å². The van der Waals surface area contributed by atoms with Crippen molar-refractivity contribution in [1.82, 2.24) is 0 Å². The second-order valence-electron chi connectivity index (χ2n) is 22.7. The van der Waals surface area contributed by atoms with Crippen molar-refractivity contribution >= 4 is 17.9 Å². The van der Waals surface area contributed by atoms with Gasteiger partial charge in [0.15, 0.2) is 6.10 Å². The molecule has 0 spiro atoms. The van der Waals surface area contributed by atoms with Crippen LogP contribution in [0.15, 0.2) is 72.9 Å². The molecule has 0 aromatic heterocycles. The Morgan fingerprint density at radius 1 is 0.269 bits per heavy atom. The highest BCUT2D eigenvalue weighted by Crippen LogP contribution is 2.18. The topological polar surface area (TPSA) is 78.9 Å². The normalized spacial score (nSPS) is 12.5. The number of carbonyl (C=O) groups excluding carboxylic acids is 3. The van der Waals surface area contributed by atoms with E-state index >= 15 is 0 Å². The number of carbonyl (C=O) groups is 3. The summed E-state index contributed by atoms with van der Waals surface area (Å²) in [4.78, 5) is 38.3. The van der Waals surface area contributed by atoms with E-state index < -0.39 is 6.10 Å². The average molecular weight is 1090 g/mol. The largest absolute Gasteiger partial charge is 0.462 e. The SMILES string of the molecule is CC/C=C\C/C=C\C/C=C\C/C=C\C/C=C\C/C=C\CCCCCCCCCCC(=O)OCC(COC(=O)CCCCCCCCCCCC)OC(=O)CCCCCCCCCCCCCCCCCCCCCCCCC. The molecule has 0 aliphatic rings. The van der Waals surface area contributed by atoms with Gasteiger partial charge in [0.1, 0.15) is 13.2 Å². The van der Waals surface area contributed by atoms with Crippen LogP contribution in [0.3, 0.4) is 0 Å². The molecule has 0 saturated heterocycles. The minimum atomic E-state index is -0.776. The first-order valence-corrected chi connectivity index (χ1v) is 33.9. The highest BCUT2D eigenvalue weighted by Gasteiger charge is 2.19. The van der Waals surface area contributed by atoms with Gasteiger partial charge in [-0.25, -0.2) is 0 Å². The lowest BCUT2D eigenvalue weighted by molar-refractivity contribution is -0.167. The van der Waals surface area contributed by atoms with Crippen LogP contribution < -0.4 is 0 Å². The van der Waals surface area contributed by atoms with Gasteiger partial charge in [0.25, 0.3) is 0 Å². The third-order valence-corrected chi connectivity index (χ3v) is 15.0. The van der Waals surface area contributed by atoms with Crippen molar-refractivity contribution in [2.24, 2.45) is 0 Å². The fourth-order valence-electron chi connectivity index (χ4n) is 9.92. The minimum Gasteiger partial charge on any atom is -0.462 e. The summed E-state index contributed by atoms with van der Waals surface area (Å²) >= 11 is 0. The first-order valence-electron chi connectivity index (χ1n) is 33.9. The zero-order chi connectivity index (χ0) is 56.4. The molecule has 1 atom stereocenters. The summed E-state index contributed by atoms with van der Waals surface area (Å²) in [5.41, 5.74) is 0. The van der Waals surface area contributed by atoms with Gasteiger partial charge in [-0.15, -0.1) is 0 Å². The molecule has 78 heavy (non-hydrogen) atoms. The van der Waals surface area contributed by atoms with Crippen LogP contribution in [0.5, 0.6) is 0 Å². The first kappa shape index (κ1) is 74.8. The first-order chi connectivity index (χ1) is 38.5. The molecule has 0 radical (unpaired) electrons. The maximum Gasteiger partial charge on any atom is 0.306 e. The lowest BCUT2D eigenvalue weighted by atomic mass is 10.0. The molecule has 0 aliphatic carbocycles. The summed E-state index contributed by atoms with van der Waals surface area (Å²) < 4.78 is 16.9. The molecule has 6 heteroatoms. The van der Waals surface area contributed by atoms with Crippen molar-refractivity contribution in [1.29, 1.82) is 0 Å². The maximum atomic E-state index is 12.9. The molecule has 0 aliphatic heterocycles. The van der Waals surface area contributed by atoms with Gasteiger partial charge in [-0.1, -0.05) is 331 Å². The molecule has 0 amide bonds. The fraction of sp³-hybridized carbons (Fsp3) is 0.792. The van der Waals surface area contributed by atoms with Crippen LogP contribution in [0.1, 0.15) is 348 Å². The standard InChI is InChI=1S/C72H128O6/c1-4-7-10-13-16-19-22-24-26-28-30-32-34-35-36-37-39-40-42-44-46-48-50-53-56-59-62-65-71(74)77-68-69(67-76-70(73)64-61-58-55-52-21-18-15-12-9-6-3)78-72(75)66-63-60-57-54-51-49-47-45-43-41-38-33-31-29-27-25-23-20-17-14-11-8-5-2/h7,10,16,19,24,26,30,32,35-36,39-40,69H,4-6,8-9,11-15,17-18,20-23,25,27-29,31,33-34,37-38,41-68H2,1-3H3/b10-7-,19-16-,26-24-,32-30-,36-35-,40-39-. The Bertz CT molecular complexity index is 1440. The van der Waals surface area contributed by atoms with Crippen LogP contribution in [0.2, 0.25) is 0 Å². The third-order valence-electron chi connectivity index (χ3n) is 15.0. The van der Waals surface area contributed by atoms with Gasteiger partial charge in [0, 0.05) is 19.3 Å². The average Bonchev–Trinajstić information content (AvgIpc) is 3.44. The molecule has 0 aromatic rings. The Morgan fingerprint density at radius 2 is 0.500 bits per heavy atom. The van der Waals surface area contributed by atoms with Crippen molar-refractivity contribution < 1.29 is 28.6 Å².